The highest BCUT2D eigenvalue weighted by Crippen LogP contribution is 2.50. The Bertz CT molecular complexity index is 1150. The minimum absolute atomic E-state index is 0.0583. The summed E-state index contributed by atoms with van der Waals surface area (Å²) in [6.07, 6.45) is 8.60. The van der Waals surface area contributed by atoms with E-state index in [2.05, 4.69) is 62.1 Å². The maximum Gasteiger partial charge on any atom is 0.345 e. The van der Waals surface area contributed by atoms with Gasteiger partial charge in [-0.3, -0.25) is 4.90 Å². The van der Waals surface area contributed by atoms with Gasteiger partial charge in [0.15, 0.2) is 11.5 Å². The predicted molar refractivity (Wildman–Crippen MR) is 153 cm³/mol. The van der Waals surface area contributed by atoms with E-state index in [1.54, 1.807) is 0 Å². The zero-order chi connectivity index (χ0) is 28.4. The topological polar surface area (TPSA) is 88.5 Å². The number of hydrogen-bond acceptors (Lipinski definition) is 7. The normalized spacial score (nSPS) is 31.3. The number of carbonyl (C=O) groups is 1. The van der Waals surface area contributed by atoms with Crippen LogP contribution in [0, 0.1) is 23.7 Å². The van der Waals surface area contributed by atoms with Crippen molar-refractivity contribution in [3.63, 3.8) is 0 Å². The Morgan fingerprint density at radius 3 is 2.60 bits per heavy atom. The van der Waals surface area contributed by atoms with Gasteiger partial charge in [-0.05, 0) is 55.6 Å². The Morgan fingerprint density at radius 2 is 1.90 bits per heavy atom. The smallest absolute Gasteiger partial charge is 0.345 e. The molecule has 2 N–H and O–H groups in total. The third-order valence-corrected chi connectivity index (χ3v) is 9.26. The van der Waals surface area contributed by atoms with E-state index >= 15 is 0 Å². The van der Waals surface area contributed by atoms with Crippen molar-refractivity contribution in [2.24, 2.45) is 23.7 Å². The molecule has 218 valence electrons. The molecule has 1 aromatic carbocycles. The van der Waals surface area contributed by atoms with Gasteiger partial charge in [-0.1, -0.05) is 63.9 Å². The highest BCUT2D eigenvalue weighted by atomic mass is 16.6. The molecule has 4 heterocycles. The van der Waals surface area contributed by atoms with Crippen molar-refractivity contribution in [1.82, 2.24) is 4.90 Å². The zero-order valence-electron chi connectivity index (χ0n) is 24.3. The summed E-state index contributed by atoms with van der Waals surface area (Å²) in [5.74, 6) is 2.54. The van der Waals surface area contributed by atoms with Gasteiger partial charge in [0.05, 0.1) is 19.8 Å². The maximum atomic E-state index is 12.4. The van der Waals surface area contributed by atoms with Gasteiger partial charge in [-0.15, -0.1) is 0 Å². The van der Waals surface area contributed by atoms with E-state index in [1.165, 1.54) is 12.7 Å². The van der Waals surface area contributed by atoms with Gasteiger partial charge in [0.1, 0.15) is 11.3 Å². The van der Waals surface area contributed by atoms with Crippen LogP contribution in [0.3, 0.4) is 0 Å². The number of methoxy groups -OCH3 is 1. The first-order valence-corrected chi connectivity index (χ1v) is 15.0. The number of aliphatic hydroxyl groups is 2. The Morgan fingerprint density at radius 1 is 1.12 bits per heavy atom. The van der Waals surface area contributed by atoms with Gasteiger partial charge in [-0.2, -0.15) is 0 Å². The average molecular weight is 552 g/mol. The van der Waals surface area contributed by atoms with E-state index in [1.807, 2.05) is 0 Å². The molecule has 0 spiro atoms. The Labute approximate surface area is 238 Å². The molecule has 0 unspecified atom stereocenters. The molecule has 0 radical (unpaired) electrons. The van der Waals surface area contributed by atoms with Gasteiger partial charge in [0.25, 0.3) is 0 Å². The first-order chi connectivity index (χ1) is 19.3. The van der Waals surface area contributed by atoms with Crippen LogP contribution in [0.25, 0.3) is 0 Å². The first-order valence-electron chi connectivity index (χ1n) is 15.0. The van der Waals surface area contributed by atoms with Crippen molar-refractivity contribution in [2.45, 2.75) is 83.9 Å². The highest BCUT2D eigenvalue weighted by molar-refractivity contribution is 5.94. The van der Waals surface area contributed by atoms with E-state index in [-0.39, 0.29) is 47.1 Å². The maximum absolute atomic E-state index is 12.4. The van der Waals surface area contributed by atoms with Crippen LogP contribution in [0.4, 0.5) is 0 Å². The number of hydrogen-bond donors (Lipinski definition) is 2. The molecule has 0 saturated carbocycles. The molecule has 0 aromatic heterocycles. The molecule has 7 heteroatoms. The summed E-state index contributed by atoms with van der Waals surface area (Å²) in [6.45, 7) is 7.05. The minimum atomic E-state index is -0.592. The van der Waals surface area contributed by atoms with Gasteiger partial charge in [0.2, 0.25) is 5.76 Å². The molecule has 40 heavy (non-hydrogen) atoms. The van der Waals surface area contributed by atoms with Crippen LogP contribution < -0.4 is 0 Å². The Balaban J connectivity index is 1.46. The number of benzene rings is 1. The fourth-order valence-electron chi connectivity index (χ4n) is 7.35. The third kappa shape index (κ3) is 5.74. The number of cyclic esters (lactones) is 1. The lowest BCUT2D eigenvalue weighted by atomic mass is 9.73. The van der Waals surface area contributed by atoms with E-state index in [4.69, 9.17) is 14.2 Å². The van der Waals surface area contributed by atoms with E-state index in [0.717, 1.165) is 57.2 Å². The number of ether oxygens (including phenoxy) is 3. The van der Waals surface area contributed by atoms with Crippen LogP contribution >= 0.6 is 0 Å². The Kier molecular flexibility index (Phi) is 9.03. The second-order valence-corrected chi connectivity index (χ2v) is 12.4. The molecule has 2 saturated heterocycles. The van der Waals surface area contributed by atoms with Crippen LogP contribution in [0.5, 0.6) is 0 Å². The van der Waals surface area contributed by atoms with Gasteiger partial charge >= 0.3 is 5.97 Å². The fraction of sp³-hybridized carbons (Fsp3) is 0.606. The molecular weight excluding hydrogens is 506 g/mol. The summed E-state index contributed by atoms with van der Waals surface area (Å²) in [6, 6.07) is 11.0. The minimum Gasteiger partial charge on any atom is -0.492 e. The summed E-state index contributed by atoms with van der Waals surface area (Å²) in [5, 5.41) is 21.3. The fourth-order valence-corrected chi connectivity index (χ4v) is 7.35. The van der Waals surface area contributed by atoms with Crippen molar-refractivity contribution < 1.29 is 29.2 Å². The summed E-state index contributed by atoms with van der Waals surface area (Å²) in [4.78, 5) is 15.0. The first kappa shape index (κ1) is 28.9. The number of carbonyl (C=O) groups excluding carboxylic acids is 1. The molecule has 5 rings (SSSR count). The van der Waals surface area contributed by atoms with Crippen LogP contribution in [0.1, 0.15) is 64.9 Å². The van der Waals surface area contributed by atoms with Crippen molar-refractivity contribution >= 4 is 5.97 Å². The lowest BCUT2D eigenvalue weighted by molar-refractivity contribution is -0.133. The lowest BCUT2D eigenvalue weighted by Gasteiger charge is -2.49. The van der Waals surface area contributed by atoms with E-state index in [0.29, 0.717) is 17.6 Å². The van der Waals surface area contributed by atoms with Gasteiger partial charge in [0, 0.05) is 30.5 Å². The van der Waals surface area contributed by atoms with Gasteiger partial charge < -0.3 is 24.4 Å². The van der Waals surface area contributed by atoms with Crippen LogP contribution in [0.2, 0.25) is 0 Å². The average Bonchev–Trinajstić information content (AvgIpc) is 3.36. The molecule has 4 aliphatic heterocycles. The molecule has 2 fully saturated rings. The van der Waals surface area contributed by atoms with Crippen LogP contribution in [0.15, 0.2) is 65.0 Å². The molecule has 6 atom stereocenters. The molecule has 0 amide bonds. The monoisotopic (exact) mass is 551 g/mol. The molecule has 4 aliphatic rings. The summed E-state index contributed by atoms with van der Waals surface area (Å²) >= 11 is 0. The van der Waals surface area contributed by atoms with E-state index in [9.17, 15) is 15.0 Å². The summed E-state index contributed by atoms with van der Waals surface area (Å²) in [5.41, 5.74) is 1.45. The SMILES string of the molecule is COC1=C(CO)C(=O)O/C1=C1/OC2=CCCN3[C@@H](C[C@H](Cc4ccccc4)C[C@H]3[C@@H](O)CCCC(C)C)[C@H]2[C@@H]1C. The summed E-state index contributed by atoms with van der Waals surface area (Å²) in [7, 11) is 1.48. The number of allylic oxidation sites excluding steroid dienone is 1. The standard InChI is InChI=1S/C33H45NO6/c1-20(2)10-8-13-27(36)25-17-23(16-22-11-6-5-7-12-22)18-26-29-21(3)30(39-28(29)14-9-15-34(25)26)32-31(38-4)24(19-35)33(37)40-32/h5-7,11-12,14,20-21,23,25-27,29,35-36H,8-10,13,15-19H2,1-4H3/b32-30+/t21-,23+,25-,26-,27-,29+/m0/s1. The zero-order valence-corrected chi connectivity index (χ0v) is 24.3. The molecule has 0 bridgehead atoms. The third-order valence-electron chi connectivity index (χ3n) is 9.26. The number of fused-ring (bicyclic) bond motifs is 3. The largest absolute Gasteiger partial charge is 0.492 e. The van der Waals surface area contributed by atoms with Crippen molar-refractivity contribution in [2.75, 3.05) is 20.3 Å². The van der Waals surface area contributed by atoms with Crippen molar-refractivity contribution in [3.05, 3.63) is 70.6 Å². The second-order valence-electron chi connectivity index (χ2n) is 12.4. The van der Waals surface area contributed by atoms with Crippen molar-refractivity contribution in [3.8, 4) is 0 Å². The number of esters is 1. The number of aliphatic hydroxyl groups excluding tert-OH is 2. The highest BCUT2D eigenvalue weighted by Gasteiger charge is 2.51. The van der Waals surface area contributed by atoms with Crippen LogP contribution in [-0.2, 0) is 25.4 Å². The number of piperidine rings is 1. The Hall–Kier alpha value is -2.61. The molecule has 0 aliphatic carbocycles. The van der Waals surface area contributed by atoms with Crippen molar-refractivity contribution in [1.29, 1.82) is 0 Å². The molecular formula is C33H45NO6. The molecule has 1 aromatic rings. The van der Waals surface area contributed by atoms with Crippen LogP contribution in [-0.4, -0.2) is 59.5 Å². The summed E-state index contributed by atoms with van der Waals surface area (Å²) < 4.78 is 17.6. The lowest BCUT2D eigenvalue weighted by Crippen LogP contribution is -2.57. The predicted octanol–water partition coefficient (Wildman–Crippen LogP) is 5.10. The van der Waals surface area contributed by atoms with E-state index < -0.39 is 12.6 Å². The van der Waals surface area contributed by atoms with Gasteiger partial charge in [-0.25, -0.2) is 4.79 Å². The number of nitrogens with zero attached hydrogens (tertiary/aromatic N) is 1. The number of rotatable bonds is 9. The molecule has 7 nitrogen and oxygen atoms in total. The quantitative estimate of drug-likeness (QED) is 0.413. The second kappa shape index (κ2) is 12.5.